The molecular weight excluding hydrogens is 248 g/mol. The van der Waals surface area contributed by atoms with Crippen LogP contribution in [0, 0.1) is 11.8 Å². The summed E-state index contributed by atoms with van der Waals surface area (Å²) < 4.78 is 0. The van der Waals surface area contributed by atoms with Crippen molar-refractivity contribution in [1.82, 2.24) is 5.32 Å². The summed E-state index contributed by atoms with van der Waals surface area (Å²) in [6.07, 6.45) is 0. The Labute approximate surface area is 110 Å². The number of benzene rings is 1. The molecule has 1 aliphatic heterocycles. The maximum atomic E-state index is 12.0. The van der Waals surface area contributed by atoms with Gasteiger partial charge in [0.2, 0.25) is 5.91 Å². The molecule has 19 heavy (non-hydrogen) atoms. The number of carbonyl (C=O) groups excluding carboxylic acids is 1. The molecule has 0 saturated carbocycles. The summed E-state index contributed by atoms with van der Waals surface area (Å²) in [5.41, 5.74) is 0.0849. The molecule has 0 spiro atoms. The molecule has 0 aromatic heterocycles. The molecule has 1 heterocycles. The number of aromatic hydroxyl groups is 1. The van der Waals surface area contributed by atoms with Crippen LogP contribution in [0.1, 0.15) is 17.3 Å². The van der Waals surface area contributed by atoms with Crippen LogP contribution < -0.4 is 10.6 Å². The molecule has 1 atom stereocenters. The molecule has 6 nitrogen and oxygen atoms in total. The number of amides is 1. The minimum Gasteiger partial charge on any atom is -0.508 e. The van der Waals surface area contributed by atoms with Crippen LogP contribution in [0.5, 0.6) is 5.75 Å². The Bertz CT molecular complexity index is 511. The van der Waals surface area contributed by atoms with E-state index in [4.69, 9.17) is 5.11 Å². The molecule has 0 bridgehead atoms. The maximum Gasteiger partial charge on any atom is 0.337 e. The molecule has 1 aliphatic rings. The van der Waals surface area contributed by atoms with Gasteiger partial charge in [-0.25, -0.2) is 4.79 Å². The number of carboxylic acids is 1. The fourth-order valence-electron chi connectivity index (χ4n) is 1.94. The Kier molecular flexibility index (Phi) is 3.71. The summed E-state index contributed by atoms with van der Waals surface area (Å²) in [5.74, 6) is -1.45. The maximum absolute atomic E-state index is 12.0. The Morgan fingerprint density at radius 2 is 2.11 bits per heavy atom. The first-order chi connectivity index (χ1) is 8.99. The number of nitrogens with one attached hydrogen (secondary N) is 2. The zero-order valence-electron chi connectivity index (χ0n) is 10.5. The third-order valence-corrected chi connectivity index (χ3v) is 3.43. The summed E-state index contributed by atoms with van der Waals surface area (Å²) in [4.78, 5) is 23.1. The van der Waals surface area contributed by atoms with Crippen LogP contribution in [0.4, 0.5) is 5.69 Å². The van der Waals surface area contributed by atoms with Crippen molar-refractivity contribution in [2.75, 3.05) is 18.4 Å². The molecule has 1 amide bonds. The second kappa shape index (κ2) is 5.27. The summed E-state index contributed by atoms with van der Waals surface area (Å²) in [5, 5.41) is 24.0. The lowest BCUT2D eigenvalue weighted by Gasteiger charge is -2.31. The largest absolute Gasteiger partial charge is 0.508 e. The van der Waals surface area contributed by atoms with Gasteiger partial charge in [-0.1, -0.05) is 6.92 Å². The van der Waals surface area contributed by atoms with E-state index in [0.29, 0.717) is 0 Å². The fourth-order valence-corrected chi connectivity index (χ4v) is 1.94. The highest BCUT2D eigenvalue weighted by molar-refractivity contribution is 6.01. The molecule has 2 rings (SSSR count). The van der Waals surface area contributed by atoms with Crippen molar-refractivity contribution < 1.29 is 19.8 Å². The predicted octanol–water partition coefficient (Wildman–Crippen LogP) is 0.884. The summed E-state index contributed by atoms with van der Waals surface area (Å²) in [6, 6.07) is 3.85. The molecule has 0 radical (unpaired) electrons. The first-order valence-corrected chi connectivity index (χ1v) is 6.07. The van der Waals surface area contributed by atoms with E-state index in [2.05, 4.69) is 10.6 Å². The number of carboxylic acid groups (broad SMARTS) is 1. The molecule has 1 saturated heterocycles. The highest BCUT2D eigenvalue weighted by Gasteiger charge is 2.29. The van der Waals surface area contributed by atoms with Crippen LogP contribution in [0.3, 0.4) is 0 Å². The van der Waals surface area contributed by atoms with Gasteiger partial charge in [0.25, 0.3) is 0 Å². The minimum absolute atomic E-state index is 0.118. The van der Waals surface area contributed by atoms with Crippen LogP contribution in [0.2, 0.25) is 0 Å². The molecule has 6 heteroatoms. The molecule has 4 N–H and O–H groups in total. The lowest BCUT2D eigenvalue weighted by Crippen LogP contribution is -2.48. The highest BCUT2D eigenvalue weighted by Crippen LogP contribution is 2.23. The van der Waals surface area contributed by atoms with Gasteiger partial charge in [-0.05, 0) is 37.2 Å². The van der Waals surface area contributed by atoms with Gasteiger partial charge in [0.1, 0.15) is 5.75 Å². The van der Waals surface area contributed by atoms with Crippen LogP contribution in [-0.4, -0.2) is 35.2 Å². The molecule has 1 aromatic carbocycles. The smallest absolute Gasteiger partial charge is 0.337 e. The van der Waals surface area contributed by atoms with Gasteiger partial charge in [0.05, 0.1) is 11.3 Å². The normalized spacial score (nSPS) is 16.5. The van der Waals surface area contributed by atoms with E-state index in [1.54, 1.807) is 0 Å². The van der Waals surface area contributed by atoms with Crippen LogP contribution >= 0.6 is 0 Å². The average Bonchev–Trinajstić information content (AvgIpc) is 2.28. The van der Waals surface area contributed by atoms with Crippen molar-refractivity contribution in [2.45, 2.75) is 6.92 Å². The van der Waals surface area contributed by atoms with Crippen molar-refractivity contribution in [3.8, 4) is 5.75 Å². The quantitative estimate of drug-likeness (QED) is 0.605. The van der Waals surface area contributed by atoms with Gasteiger partial charge in [-0.15, -0.1) is 0 Å². The lowest BCUT2D eigenvalue weighted by molar-refractivity contribution is -0.121. The van der Waals surface area contributed by atoms with Crippen molar-refractivity contribution in [1.29, 1.82) is 0 Å². The molecule has 102 valence electrons. The van der Waals surface area contributed by atoms with Gasteiger partial charge in [0, 0.05) is 5.92 Å². The van der Waals surface area contributed by atoms with E-state index in [-0.39, 0.29) is 34.7 Å². The standard InChI is InChI=1S/C13H16N2O4/c1-7(8-5-14-6-8)12(17)15-11-3-2-9(16)4-10(11)13(18)19/h2-4,7-8,14,16H,5-6H2,1H3,(H,15,17)(H,18,19). The SMILES string of the molecule is CC(C(=O)Nc1ccc(O)cc1C(=O)O)C1CNC1. The molecule has 0 aliphatic carbocycles. The molecule has 1 aromatic rings. The van der Waals surface area contributed by atoms with E-state index in [9.17, 15) is 14.7 Å². The monoisotopic (exact) mass is 264 g/mol. The number of hydrogen-bond donors (Lipinski definition) is 4. The van der Waals surface area contributed by atoms with Crippen molar-refractivity contribution >= 4 is 17.6 Å². The average molecular weight is 264 g/mol. The van der Waals surface area contributed by atoms with Gasteiger partial charge in [-0.2, -0.15) is 0 Å². The van der Waals surface area contributed by atoms with Crippen molar-refractivity contribution in [3.05, 3.63) is 23.8 Å². The van der Waals surface area contributed by atoms with E-state index >= 15 is 0 Å². The van der Waals surface area contributed by atoms with Crippen molar-refractivity contribution in [2.24, 2.45) is 11.8 Å². The summed E-state index contributed by atoms with van der Waals surface area (Å²) >= 11 is 0. The fraction of sp³-hybridized carbons (Fsp3) is 0.385. The number of hydrogen-bond acceptors (Lipinski definition) is 4. The first kappa shape index (κ1) is 13.4. The van der Waals surface area contributed by atoms with Gasteiger partial charge in [-0.3, -0.25) is 4.79 Å². The zero-order valence-corrected chi connectivity index (χ0v) is 10.5. The first-order valence-electron chi connectivity index (χ1n) is 6.07. The Hall–Kier alpha value is -2.08. The van der Waals surface area contributed by atoms with E-state index in [1.807, 2.05) is 6.92 Å². The van der Waals surface area contributed by atoms with Gasteiger partial charge < -0.3 is 20.8 Å². The number of phenolic OH excluding ortho intramolecular Hbond substituents is 1. The number of aromatic carboxylic acids is 1. The van der Waals surface area contributed by atoms with Gasteiger partial charge in [0.15, 0.2) is 0 Å². The lowest BCUT2D eigenvalue weighted by atomic mass is 9.88. The minimum atomic E-state index is -1.19. The predicted molar refractivity (Wildman–Crippen MR) is 69.2 cm³/mol. The number of rotatable bonds is 4. The molecular formula is C13H16N2O4. The van der Waals surface area contributed by atoms with Crippen LogP contribution in [0.25, 0.3) is 0 Å². The second-order valence-corrected chi connectivity index (χ2v) is 4.73. The third kappa shape index (κ3) is 2.85. The number of carbonyl (C=O) groups is 2. The Morgan fingerprint density at radius 3 is 2.63 bits per heavy atom. The number of anilines is 1. The van der Waals surface area contributed by atoms with E-state index < -0.39 is 5.97 Å². The van der Waals surface area contributed by atoms with E-state index in [0.717, 1.165) is 19.2 Å². The van der Waals surface area contributed by atoms with Crippen molar-refractivity contribution in [3.63, 3.8) is 0 Å². The molecule has 1 fully saturated rings. The third-order valence-electron chi connectivity index (χ3n) is 3.43. The van der Waals surface area contributed by atoms with Gasteiger partial charge >= 0.3 is 5.97 Å². The Morgan fingerprint density at radius 1 is 1.42 bits per heavy atom. The second-order valence-electron chi connectivity index (χ2n) is 4.73. The van der Waals surface area contributed by atoms with Crippen LogP contribution in [-0.2, 0) is 4.79 Å². The Balaban J connectivity index is 2.13. The summed E-state index contributed by atoms with van der Waals surface area (Å²) in [7, 11) is 0. The topological polar surface area (TPSA) is 98.7 Å². The zero-order chi connectivity index (χ0) is 14.0. The number of phenols is 1. The van der Waals surface area contributed by atoms with Crippen LogP contribution in [0.15, 0.2) is 18.2 Å². The van der Waals surface area contributed by atoms with E-state index in [1.165, 1.54) is 12.1 Å². The highest BCUT2D eigenvalue weighted by atomic mass is 16.4. The summed E-state index contributed by atoms with van der Waals surface area (Å²) in [6.45, 7) is 3.42. The molecule has 1 unspecified atom stereocenters.